The van der Waals surface area contributed by atoms with Crippen LogP contribution in [0.4, 0.5) is 4.79 Å². The van der Waals surface area contributed by atoms with E-state index in [0.717, 1.165) is 41.3 Å². The maximum Gasteiger partial charge on any atom is 0.328 e. The standard InChI is InChI=1S/C21H24N4O2/c1-23(2)21(27)25-18(20(26)22-14-9-10-14)11-17-19(25)15-5-3-4-6-16(15)24(17)12-13-7-8-13/h3-6,11,13-14H,7-10,12H2,1-2H3,(H,22,26). The minimum Gasteiger partial charge on any atom is -0.348 e. The fraction of sp³-hybridized carbons (Fsp3) is 0.429. The van der Waals surface area contributed by atoms with E-state index < -0.39 is 0 Å². The highest BCUT2D eigenvalue weighted by Crippen LogP contribution is 2.37. The van der Waals surface area contributed by atoms with Gasteiger partial charge in [0.1, 0.15) is 5.69 Å². The van der Waals surface area contributed by atoms with Gasteiger partial charge in [0.25, 0.3) is 5.91 Å². The van der Waals surface area contributed by atoms with Gasteiger partial charge in [-0.05, 0) is 43.7 Å². The van der Waals surface area contributed by atoms with Gasteiger partial charge in [-0.15, -0.1) is 0 Å². The van der Waals surface area contributed by atoms with Crippen molar-refractivity contribution in [2.75, 3.05) is 14.1 Å². The minimum atomic E-state index is -0.194. The lowest BCUT2D eigenvalue weighted by molar-refractivity contribution is 0.0942. The van der Waals surface area contributed by atoms with E-state index in [1.54, 1.807) is 18.7 Å². The molecule has 2 saturated carbocycles. The van der Waals surface area contributed by atoms with Gasteiger partial charge in [-0.25, -0.2) is 4.79 Å². The molecule has 3 aromatic rings. The van der Waals surface area contributed by atoms with E-state index in [9.17, 15) is 9.59 Å². The van der Waals surface area contributed by atoms with Crippen LogP contribution >= 0.6 is 0 Å². The Morgan fingerprint density at radius 1 is 1.11 bits per heavy atom. The van der Waals surface area contributed by atoms with Gasteiger partial charge >= 0.3 is 6.03 Å². The molecule has 1 aromatic carbocycles. The number of nitrogens with zero attached hydrogens (tertiary/aromatic N) is 3. The van der Waals surface area contributed by atoms with Gasteiger partial charge in [0.2, 0.25) is 0 Å². The molecule has 1 N–H and O–H groups in total. The number of hydrogen-bond donors (Lipinski definition) is 1. The Balaban J connectivity index is 1.77. The first kappa shape index (κ1) is 16.4. The predicted molar refractivity (Wildman–Crippen MR) is 105 cm³/mol. The molecule has 2 aliphatic carbocycles. The molecule has 6 heteroatoms. The molecule has 2 fully saturated rings. The van der Waals surface area contributed by atoms with Crippen molar-refractivity contribution in [1.29, 1.82) is 0 Å². The van der Waals surface area contributed by atoms with Crippen LogP contribution in [0, 0.1) is 5.92 Å². The van der Waals surface area contributed by atoms with Crippen LogP contribution in [0.2, 0.25) is 0 Å². The Kier molecular flexibility index (Phi) is 3.57. The first-order chi connectivity index (χ1) is 13.0. The molecule has 0 radical (unpaired) electrons. The normalized spacial score (nSPS) is 16.8. The van der Waals surface area contributed by atoms with Crippen molar-refractivity contribution < 1.29 is 9.59 Å². The molecule has 27 heavy (non-hydrogen) atoms. The molecule has 5 rings (SSSR count). The van der Waals surface area contributed by atoms with Crippen molar-refractivity contribution in [1.82, 2.24) is 19.4 Å². The lowest BCUT2D eigenvalue weighted by Gasteiger charge is -2.15. The van der Waals surface area contributed by atoms with E-state index in [4.69, 9.17) is 0 Å². The number of nitrogens with one attached hydrogen (secondary N) is 1. The number of carbonyl (C=O) groups excluding carboxylic acids is 2. The average molecular weight is 364 g/mol. The largest absolute Gasteiger partial charge is 0.348 e. The Labute approximate surface area is 157 Å². The lowest BCUT2D eigenvalue weighted by Crippen LogP contribution is -2.33. The lowest BCUT2D eigenvalue weighted by atomic mass is 10.2. The van der Waals surface area contributed by atoms with Crippen LogP contribution in [0.5, 0.6) is 0 Å². The second-order valence-electron chi connectivity index (χ2n) is 8.09. The molecular weight excluding hydrogens is 340 g/mol. The Morgan fingerprint density at radius 3 is 2.52 bits per heavy atom. The average Bonchev–Trinajstić information content (AvgIpc) is 3.57. The number of rotatable bonds is 4. The topological polar surface area (TPSA) is 59.3 Å². The van der Waals surface area contributed by atoms with Gasteiger partial charge in [0, 0.05) is 32.1 Å². The zero-order valence-electron chi connectivity index (χ0n) is 15.7. The van der Waals surface area contributed by atoms with Gasteiger partial charge in [-0.2, -0.15) is 0 Å². The second kappa shape index (κ2) is 5.87. The summed E-state index contributed by atoms with van der Waals surface area (Å²) in [5, 5.41) is 4.06. The highest BCUT2D eigenvalue weighted by Gasteiger charge is 2.31. The Bertz CT molecular complexity index is 1070. The van der Waals surface area contributed by atoms with Crippen LogP contribution in [0.1, 0.15) is 36.2 Å². The van der Waals surface area contributed by atoms with Gasteiger partial charge in [-0.3, -0.25) is 9.36 Å². The zero-order valence-corrected chi connectivity index (χ0v) is 15.7. The van der Waals surface area contributed by atoms with Gasteiger partial charge in [0.15, 0.2) is 0 Å². The zero-order chi connectivity index (χ0) is 18.7. The van der Waals surface area contributed by atoms with E-state index in [1.807, 2.05) is 24.3 Å². The molecule has 2 heterocycles. The third-order valence-corrected chi connectivity index (χ3v) is 5.58. The summed E-state index contributed by atoms with van der Waals surface area (Å²) in [4.78, 5) is 27.4. The molecule has 2 aliphatic rings. The Morgan fingerprint density at radius 2 is 1.85 bits per heavy atom. The number of fused-ring (bicyclic) bond motifs is 3. The van der Waals surface area contributed by atoms with E-state index in [1.165, 1.54) is 17.7 Å². The van der Waals surface area contributed by atoms with E-state index >= 15 is 0 Å². The van der Waals surface area contributed by atoms with E-state index in [0.29, 0.717) is 11.6 Å². The predicted octanol–water partition coefficient (Wildman–Crippen LogP) is 3.43. The molecule has 2 aromatic heterocycles. The SMILES string of the molecule is CN(C)C(=O)n1c(C(=O)NC2CC2)cc2c1c1ccccc1n2CC1CC1. The van der Waals surface area contributed by atoms with E-state index in [-0.39, 0.29) is 18.0 Å². The summed E-state index contributed by atoms with van der Waals surface area (Å²) in [6.45, 7) is 0.938. The maximum absolute atomic E-state index is 13.0. The van der Waals surface area contributed by atoms with Crippen LogP contribution in [-0.2, 0) is 6.54 Å². The molecule has 0 atom stereocenters. The number of carbonyl (C=O) groups is 2. The third kappa shape index (κ3) is 2.71. The highest BCUT2D eigenvalue weighted by atomic mass is 16.2. The van der Waals surface area contributed by atoms with Crippen LogP contribution in [-0.4, -0.2) is 46.1 Å². The third-order valence-electron chi connectivity index (χ3n) is 5.58. The molecular formula is C21H24N4O2. The van der Waals surface area contributed by atoms with Crippen LogP contribution in [0.15, 0.2) is 30.3 Å². The van der Waals surface area contributed by atoms with Crippen molar-refractivity contribution in [3.05, 3.63) is 36.0 Å². The smallest absolute Gasteiger partial charge is 0.328 e. The fourth-order valence-corrected chi connectivity index (χ4v) is 3.81. The number of hydrogen-bond acceptors (Lipinski definition) is 2. The van der Waals surface area contributed by atoms with Crippen molar-refractivity contribution in [2.24, 2.45) is 5.92 Å². The van der Waals surface area contributed by atoms with Gasteiger partial charge in [-0.1, -0.05) is 18.2 Å². The van der Waals surface area contributed by atoms with Crippen LogP contribution in [0.25, 0.3) is 21.9 Å². The first-order valence-corrected chi connectivity index (χ1v) is 9.70. The number of para-hydroxylation sites is 1. The summed E-state index contributed by atoms with van der Waals surface area (Å²) in [5.41, 5.74) is 3.37. The molecule has 6 nitrogen and oxygen atoms in total. The van der Waals surface area contributed by atoms with Gasteiger partial charge < -0.3 is 14.8 Å². The molecule has 0 aliphatic heterocycles. The summed E-state index contributed by atoms with van der Waals surface area (Å²) in [5.74, 6) is 0.534. The Hall–Kier alpha value is -2.76. The van der Waals surface area contributed by atoms with Crippen molar-refractivity contribution in [3.63, 3.8) is 0 Å². The summed E-state index contributed by atoms with van der Waals surface area (Å²) in [6, 6.07) is 10.1. The maximum atomic E-state index is 13.0. The first-order valence-electron chi connectivity index (χ1n) is 9.70. The van der Waals surface area contributed by atoms with Crippen LogP contribution < -0.4 is 5.32 Å². The van der Waals surface area contributed by atoms with Crippen molar-refractivity contribution in [2.45, 2.75) is 38.3 Å². The quantitative estimate of drug-likeness (QED) is 0.771. The number of benzene rings is 1. The number of aromatic nitrogens is 2. The van der Waals surface area contributed by atoms with Crippen molar-refractivity contribution in [3.8, 4) is 0 Å². The summed E-state index contributed by atoms with van der Waals surface area (Å²) < 4.78 is 3.88. The minimum absolute atomic E-state index is 0.161. The van der Waals surface area contributed by atoms with Gasteiger partial charge in [0.05, 0.1) is 16.6 Å². The number of amides is 2. The molecule has 2 amide bonds. The summed E-state index contributed by atoms with van der Waals surface area (Å²) >= 11 is 0. The molecule has 0 unspecified atom stereocenters. The van der Waals surface area contributed by atoms with Crippen LogP contribution in [0.3, 0.4) is 0 Å². The van der Waals surface area contributed by atoms with E-state index in [2.05, 4.69) is 16.0 Å². The highest BCUT2D eigenvalue weighted by molar-refractivity contribution is 6.14. The second-order valence-corrected chi connectivity index (χ2v) is 8.09. The fourth-order valence-electron chi connectivity index (χ4n) is 3.81. The molecule has 0 spiro atoms. The molecule has 0 saturated heterocycles. The molecule has 140 valence electrons. The molecule has 0 bridgehead atoms. The summed E-state index contributed by atoms with van der Waals surface area (Å²) in [6.07, 6.45) is 4.54. The summed E-state index contributed by atoms with van der Waals surface area (Å²) in [7, 11) is 3.44. The van der Waals surface area contributed by atoms with Crippen molar-refractivity contribution >= 4 is 33.9 Å². The monoisotopic (exact) mass is 364 g/mol.